The second kappa shape index (κ2) is 13.3. The van der Waals surface area contributed by atoms with Crippen LogP contribution >= 0.6 is 0 Å². The number of hydrogen-bond donors (Lipinski definition) is 3. The minimum atomic E-state index is -1.03. The first-order valence-corrected chi connectivity index (χ1v) is 16.5. The van der Waals surface area contributed by atoms with Crippen LogP contribution in [0.2, 0.25) is 0 Å². The summed E-state index contributed by atoms with van der Waals surface area (Å²) in [4.78, 5) is 28.2. The number of nitrogens with zero attached hydrogens (tertiary/aromatic N) is 2. The third kappa shape index (κ3) is 5.73. The third-order valence-electron chi connectivity index (χ3n) is 9.97. The van der Waals surface area contributed by atoms with Crippen molar-refractivity contribution < 1.29 is 43.5 Å². The summed E-state index contributed by atoms with van der Waals surface area (Å²) in [6.45, 7) is 7.28. The van der Waals surface area contributed by atoms with Crippen molar-refractivity contribution in [3.8, 4) is 28.7 Å². The van der Waals surface area contributed by atoms with Crippen molar-refractivity contribution in [3.05, 3.63) is 93.3 Å². The number of phenolic OH excluding ortho intramolecular Hbond substituents is 1. The zero-order chi connectivity index (χ0) is 34.4. The molecule has 1 amide bonds. The molecule has 7 rings (SSSR count). The number of methoxy groups -OCH3 is 1. The predicted octanol–water partition coefficient (Wildman–Crippen LogP) is 4.84. The monoisotopic (exact) mass is 670 g/mol. The van der Waals surface area contributed by atoms with Crippen molar-refractivity contribution in [2.24, 2.45) is 0 Å². The van der Waals surface area contributed by atoms with Crippen LogP contribution < -0.4 is 24.3 Å². The Labute approximate surface area is 284 Å². The number of nitrogens with one attached hydrogen (secondary N) is 1. The molecular formula is C37H40N3O9-. The van der Waals surface area contributed by atoms with Crippen molar-refractivity contribution in [1.82, 2.24) is 10.2 Å². The highest BCUT2D eigenvalue weighted by Crippen LogP contribution is 2.59. The Morgan fingerprint density at radius 1 is 1.12 bits per heavy atom. The quantitative estimate of drug-likeness (QED) is 0.164. The first-order valence-electron chi connectivity index (χ1n) is 16.5. The molecule has 0 spiro atoms. The van der Waals surface area contributed by atoms with E-state index < -0.39 is 36.6 Å². The van der Waals surface area contributed by atoms with Gasteiger partial charge in [0.2, 0.25) is 12.7 Å². The summed E-state index contributed by atoms with van der Waals surface area (Å²) >= 11 is 0. The smallest absolute Gasteiger partial charge is 0.514 e. The molecule has 2 bridgehead atoms. The number of piperazine rings is 1. The number of aromatic hydroxyl groups is 1. The molecule has 5 atom stereocenters. The van der Waals surface area contributed by atoms with Gasteiger partial charge in [0.05, 0.1) is 19.4 Å². The summed E-state index contributed by atoms with van der Waals surface area (Å²) in [5.41, 5.74) is 5.21. The lowest BCUT2D eigenvalue weighted by Crippen LogP contribution is -2.62. The molecule has 0 saturated carbocycles. The highest BCUT2D eigenvalue weighted by Gasteiger charge is 2.50. The fourth-order valence-electron chi connectivity index (χ4n) is 7.89. The van der Waals surface area contributed by atoms with E-state index >= 15 is 0 Å². The van der Waals surface area contributed by atoms with Crippen LogP contribution in [0, 0.1) is 13.8 Å². The fourth-order valence-corrected chi connectivity index (χ4v) is 7.89. The molecule has 4 aliphatic rings. The van der Waals surface area contributed by atoms with Gasteiger partial charge in [-0.3, -0.25) is 9.69 Å². The van der Waals surface area contributed by atoms with Gasteiger partial charge in [0.15, 0.2) is 23.0 Å². The Hall–Kier alpha value is -4.78. The summed E-state index contributed by atoms with van der Waals surface area (Å²) in [7, 11) is 1.52. The molecule has 4 aliphatic heterocycles. The van der Waals surface area contributed by atoms with Gasteiger partial charge >= 0.3 is 6.16 Å². The lowest BCUT2D eigenvalue weighted by Gasteiger charge is -2.64. The van der Waals surface area contributed by atoms with Gasteiger partial charge in [-0.2, -0.15) is 0 Å². The van der Waals surface area contributed by atoms with Crippen LogP contribution in [-0.2, 0) is 28.8 Å². The van der Waals surface area contributed by atoms with Crippen LogP contribution in [0.4, 0.5) is 4.79 Å². The van der Waals surface area contributed by atoms with E-state index in [1.54, 1.807) is 6.92 Å². The van der Waals surface area contributed by atoms with Gasteiger partial charge in [-0.05, 0) is 55.4 Å². The summed E-state index contributed by atoms with van der Waals surface area (Å²) < 4.78 is 28.6. The summed E-state index contributed by atoms with van der Waals surface area (Å²) in [6.07, 6.45) is 1.02. The Bertz CT molecular complexity index is 1800. The zero-order valence-corrected chi connectivity index (χ0v) is 27.7. The van der Waals surface area contributed by atoms with Crippen LogP contribution in [0.3, 0.4) is 0 Å². The third-order valence-corrected chi connectivity index (χ3v) is 9.97. The molecular weight excluding hydrogens is 630 g/mol. The standard InChI is InChI=1S/C37H40N3O9/c1-5-13-46-37(44)49-33-20(3)34-35(48-18-47-34)29-23(33)16-25-30-28-22(14-19(2)32(45-4)31(28)42)15-24(39-30)36(43)40(25)26(29)17-38-27(41)12-11-21-9-7-6-8-10-21/h5-10,14,24-26,30,36,42-43H,1,11-13,15-18H2,2-4H3,(H,38,41)/q-1/t24-,25?,26-,30-,36-/m0/s1. The largest absolute Gasteiger partial charge is 0.648 e. The summed E-state index contributed by atoms with van der Waals surface area (Å²) in [6, 6.07) is 9.56. The van der Waals surface area contributed by atoms with Crippen molar-refractivity contribution in [1.29, 1.82) is 0 Å². The first-order chi connectivity index (χ1) is 23.7. The number of phenols is 1. The van der Waals surface area contributed by atoms with Gasteiger partial charge in [0.1, 0.15) is 12.4 Å². The molecule has 0 aromatic heterocycles. The molecule has 3 N–H and O–H groups in total. The van der Waals surface area contributed by atoms with E-state index in [4.69, 9.17) is 29.0 Å². The molecule has 1 saturated heterocycles. The first kappa shape index (κ1) is 32.8. The van der Waals surface area contributed by atoms with Gasteiger partial charge in [0, 0.05) is 35.7 Å². The average Bonchev–Trinajstić information content (AvgIpc) is 3.59. The average molecular weight is 671 g/mol. The number of carbonyl (C=O) groups excluding carboxylic acids is 2. The number of fused-ring (bicyclic) bond motifs is 9. The molecule has 12 heteroatoms. The van der Waals surface area contributed by atoms with Crippen LogP contribution in [0.15, 0.2) is 49.1 Å². The Balaban J connectivity index is 1.32. The van der Waals surface area contributed by atoms with Crippen LogP contribution in [0.1, 0.15) is 57.4 Å². The van der Waals surface area contributed by atoms with Crippen LogP contribution in [0.25, 0.3) is 5.32 Å². The topological polar surface area (TPSA) is 150 Å². The number of aryl methyl sites for hydroxylation is 2. The number of hydrogen-bond acceptors (Lipinski definition) is 10. The number of carbonyl (C=O) groups is 2. The van der Waals surface area contributed by atoms with Gasteiger partial charge in [-0.15, -0.1) is 0 Å². The van der Waals surface area contributed by atoms with E-state index in [1.165, 1.54) is 13.2 Å². The lowest BCUT2D eigenvalue weighted by atomic mass is 9.74. The normalized spacial score (nSPS) is 23.1. The number of benzene rings is 3. The van der Waals surface area contributed by atoms with Crippen molar-refractivity contribution in [3.63, 3.8) is 0 Å². The van der Waals surface area contributed by atoms with E-state index in [9.17, 15) is 19.8 Å². The minimum absolute atomic E-state index is 0.0175. The van der Waals surface area contributed by atoms with Crippen LogP contribution in [0.5, 0.6) is 28.7 Å². The van der Waals surface area contributed by atoms with Crippen molar-refractivity contribution in [2.75, 3.05) is 27.1 Å². The highest BCUT2D eigenvalue weighted by atomic mass is 16.7. The van der Waals surface area contributed by atoms with Gasteiger partial charge in [-0.25, -0.2) is 4.79 Å². The van der Waals surface area contributed by atoms with Gasteiger partial charge in [0.25, 0.3) is 0 Å². The SMILES string of the molecule is C=CCOC(=O)Oc1c(C)c2c(c3c1CC1[C@@H]4[N-][C@@H](Cc5cc(C)c(OC)c(O)c54)[C@H](O)N1[C@H]3CNC(=O)CCc1ccccc1)OCO2. The van der Waals surface area contributed by atoms with E-state index in [0.29, 0.717) is 52.3 Å². The second-order valence-corrected chi connectivity index (χ2v) is 12.8. The predicted molar refractivity (Wildman–Crippen MR) is 178 cm³/mol. The van der Waals surface area contributed by atoms with E-state index in [2.05, 4.69) is 11.9 Å². The number of aliphatic hydroxyl groups excluding tert-OH is 1. The number of amides is 1. The van der Waals surface area contributed by atoms with Crippen LogP contribution in [-0.4, -0.2) is 72.5 Å². The maximum atomic E-state index is 13.3. The maximum absolute atomic E-state index is 13.3. The van der Waals surface area contributed by atoms with E-state index in [0.717, 1.165) is 16.7 Å². The van der Waals surface area contributed by atoms with Gasteiger partial charge in [-0.1, -0.05) is 61.1 Å². The Morgan fingerprint density at radius 2 is 1.90 bits per heavy atom. The fraction of sp³-hybridized carbons (Fsp3) is 0.405. The molecule has 12 nitrogen and oxygen atoms in total. The van der Waals surface area contributed by atoms with Gasteiger partial charge < -0.3 is 44.5 Å². The molecule has 0 aliphatic carbocycles. The number of aliphatic hydroxyl groups is 1. The van der Waals surface area contributed by atoms with Crippen molar-refractivity contribution in [2.45, 2.75) is 69.9 Å². The molecule has 4 heterocycles. The lowest BCUT2D eigenvalue weighted by molar-refractivity contribution is -0.123. The second-order valence-electron chi connectivity index (χ2n) is 12.8. The minimum Gasteiger partial charge on any atom is -0.648 e. The number of rotatable bonds is 9. The summed E-state index contributed by atoms with van der Waals surface area (Å²) in [5, 5.41) is 31.8. The number of ether oxygens (including phenoxy) is 5. The van der Waals surface area contributed by atoms with E-state index in [-0.39, 0.29) is 50.2 Å². The van der Waals surface area contributed by atoms with E-state index in [1.807, 2.05) is 48.2 Å². The molecule has 258 valence electrons. The maximum Gasteiger partial charge on any atom is 0.514 e. The summed E-state index contributed by atoms with van der Waals surface area (Å²) in [5.74, 6) is 1.38. The molecule has 1 fully saturated rings. The Morgan fingerprint density at radius 3 is 2.65 bits per heavy atom. The zero-order valence-electron chi connectivity index (χ0n) is 27.7. The molecule has 0 radical (unpaired) electrons. The molecule has 49 heavy (non-hydrogen) atoms. The Kier molecular flexibility index (Phi) is 8.86. The molecule has 3 aromatic carbocycles. The molecule has 1 unspecified atom stereocenters. The van der Waals surface area contributed by atoms with Crippen molar-refractivity contribution >= 4 is 12.1 Å². The highest BCUT2D eigenvalue weighted by molar-refractivity contribution is 5.77. The molecule has 3 aromatic rings.